The summed E-state index contributed by atoms with van der Waals surface area (Å²) in [5.41, 5.74) is 0.0290. The molecule has 13 heavy (non-hydrogen) atoms. The maximum Gasteiger partial charge on any atom is 0.228 e. The standard InChI is InChI=1S/C10H18N2O/c1-2-12-8-5-10(9(12)13)3-6-11-7-4-10/h11H,2-8H2,1H3. The maximum absolute atomic E-state index is 12.0. The monoisotopic (exact) mass is 182 g/mol. The van der Waals surface area contributed by atoms with Crippen LogP contribution in [0.3, 0.4) is 0 Å². The van der Waals surface area contributed by atoms with Crippen molar-refractivity contribution >= 4 is 5.91 Å². The van der Waals surface area contributed by atoms with Crippen LogP contribution in [0.4, 0.5) is 0 Å². The van der Waals surface area contributed by atoms with Gasteiger partial charge in [0.05, 0.1) is 5.41 Å². The van der Waals surface area contributed by atoms with Crippen LogP contribution in [-0.2, 0) is 4.79 Å². The van der Waals surface area contributed by atoms with Crippen molar-refractivity contribution in [1.29, 1.82) is 0 Å². The second kappa shape index (κ2) is 3.29. The molecule has 3 nitrogen and oxygen atoms in total. The Morgan fingerprint density at radius 3 is 2.62 bits per heavy atom. The van der Waals surface area contributed by atoms with Gasteiger partial charge >= 0.3 is 0 Å². The number of carbonyl (C=O) groups excluding carboxylic acids is 1. The van der Waals surface area contributed by atoms with Crippen LogP contribution in [-0.4, -0.2) is 37.0 Å². The molecule has 3 heteroatoms. The van der Waals surface area contributed by atoms with Gasteiger partial charge in [0.2, 0.25) is 5.91 Å². The van der Waals surface area contributed by atoms with Gasteiger partial charge in [-0.25, -0.2) is 0 Å². The zero-order chi connectivity index (χ0) is 9.31. The highest BCUT2D eigenvalue weighted by Gasteiger charge is 2.46. The molecule has 2 aliphatic rings. The second-order valence-corrected chi connectivity index (χ2v) is 4.17. The van der Waals surface area contributed by atoms with Crippen molar-refractivity contribution in [3.05, 3.63) is 0 Å². The maximum atomic E-state index is 12.0. The van der Waals surface area contributed by atoms with Crippen molar-refractivity contribution in [2.75, 3.05) is 26.2 Å². The lowest BCUT2D eigenvalue weighted by Crippen LogP contribution is -2.42. The van der Waals surface area contributed by atoms with Gasteiger partial charge in [0, 0.05) is 13.1 Å². The van der Waals surface area contributed by atoms with E-state index in [1.165, 1.54) is 0 Å². The quantitative estimate of drug-likeness (QED) is 0.644. The summed E-state index contributed by atoms with van der Waals surface area (Å²) in [7, 11) is 0. The molecule has 1 amide bonds. The summed E-state index contributed by atoms with van der Waals surface area (Å²) < 4.78 is 0. The minimum Gasteiger partial charge on any atom is -0.342 e. The molecule has 0 aromatic carbocycles. The van der Waals surface area contributed by atoms with Gasteiger partial charge in [-0.15, -0.1) is 0 Å². The van der Waals surface area contributed by atoms with Gasteiger partial charge in [-0.05, 0) is 39.3 Å². The predicted molar refractivity (Wildman–Crippen MR) is 51.4 cm³/mol. The molecule has 2 fully saturated rings. The molecule has 0 saturated carbocycles. The Labute approximate surface area is 79.5 Å². The summed E-state index contributed by atoms with van der Waals surface area (Å²) >= 11 is 0. The molecule has 0 aromatic rings. The summed E-state index contributed by atoms with van der Waals surface area (Å²) in [5.74, 6) is 0.413. The molecule has 1 spiro atoms. The summed E-state index contributed by atoms with van der Waals surface area (Å²) in [6.07, 6.45) is 3.17. The molecular formula is C10H18N2O. The van der Waals surface area contributed by atoms with Crippen LogP contribution in [0.1, 0.15) is 26.2 Å². The van der Waals surface area contributed by atoms with E-state index in [1.54, 1.807) is 0 Å². The number of nitrogens with zero attached hydrogens (tertiary/aromatic N) is 1. The van der Waals surface area contributed by atoms with E-state index >= 15 is 0 Å². The lowest BCUT2D eigenvalue weighted by molar-refractivity contribution is -0.137. The average molecular weight is 182 g/mol. The number of carbonyl (C=O) groups is 1. The van der Waals surface area contributed by atoms with E-state index in [1.807, 2.05) is 4.90 Å². The van der Waals surface area contributed by atoms with Crippen molar-refractivity contribution < 1.29 is 4.79 Å². The Kier molecular flexibility index (Phi) is 2.28. The van der Waals surface area contributed by atoms with Crippen molar-refractivity contribution in [2.45, 2.75) is 26.2 Å². The minimum absolute atomic E-state index is 0.0290. The van der Waals surface area contributed by atoms with Gasteiger partial charge in [0.25, 0.3) is 0 Å². The van der Waals surface area contributed by atoms with E-state index in [0.717, 1.165) is 45.4 Å². The van der Waals surface area contributed by atoms with Crippen LogP contribution in [0.5, 0.6) is 0 Å². The van der Waals surface area contributed by atoms with Crippen molar-refractivity contribution in [3.63, 3.8) is 0 Å². The molecule has 0 unspecified atom stereocenters. The number of hydrogen-bond acceptors (Lipinski definition) is 2. The van der Waals surface area contributed by atoms with E-state index < -0.39 is 0 Å². The van der Waals surface area contributed by atoms with Crippen LogP contribution in [0, 0.1) is 5.41 Å². The largest absolute Gasteiger partial charge is 0.342 e. The Hall–Kier alpha value is -0.570. The number of nitrogens with one attached hydrogen (secondary N) is 1. The number of piperidine rings is 1. The van der Waals surface area contributed by atoms with E-state index in [-0.39, 0.29) is 5.41 Å². The van der Waals surface area contributed by atoms with Gasteiger partial charge in [0.15, 0.2) is 0 Å². The fraction of sp³-hybridized carbons (Fsp3) is 0.900. The molecule has 2 heterocycles. The SMILES string of the molecule is CCN1CCC2(CCNCC2)C1=O. The first-order valence-corrected chi connectivity index (χ1v) is 5.29. The molecule has 0 aromatic heterocycles. The van der Waals surface area contributed by atoms with Crippen LogP contribution >= 0.6 is 0 Å². The molecule has 0 atom stereocenters. The van der Waals surface area contributed by atoms with E-state index in [9.17, 15) is 4.79 Å². The molecule has 1 N–H and O–H groups in total. The topological polar surface area (TPSA) is 32.3 Å². The summed E-state index contributed by atoms with van der Waals surface area (Å²) in [4.78, 5) is 14.0. The highest BCUT2D eigenvalue weighted by Crippen LogP contribution is 2.39. The third kappa shape index (κ3) is 1.35. The Morgan fingerprint density at radius 2 is 2.08 bits per heavy atom. The smallest absolute Gasteiger partial charge is 0.228 e. The molecule has 2 rings (SSSR count). The first kappa shape index (κ1) is 9.00. The molecule has 0 radical (unpaired) electrons. The van der Waals surface area contributed by atoms with Gasteiger partial charge < -0.3 is 10.2 Å². The molecule has 0 aliphatic carbocycles. The number of rotatable bonds is 1. The fourth-order valence-corrected chi connectivity index (χ4v) is 2.56. The molecular weight excluding hydrogens is 164 g/mol. The van der Waals surface area contributed by atoms with E-state index in [0.29, 0.717) is 5.91 Å². The van der Waals surface area contributed by atoms with Gasteiger partial charge in [-0.1, -0.05) is 0 Å². The normalized spacial score (nSPS) is 27.2. The van der Waals surface area contributed by atoms with E-state index in [4.69, 9.17) is 0 Å². The molecule has 0 bridgehead atoms. The van der Waals surface area contributed by atoms with Crippen molar-refractivity contribution in [2.24, 2.45) is 5.41 Å². The molecule has 74 valence electrons. The zero-order valence-electron chi connectivity index (χ0n) is 8.31. The second-order valence-electron chi connectivity index (χ2n) is 4.17. The first-order valence-electron chi connectivity index (χ1n) is 5.29. The summed E-state index contributed by atoms with van der Waals surface area (Å²) in [6, 6.07) is 0. The van der Waals surface area contributed by atoms with Gasteiger partial charge in [-0.3, -0.25) is 4.79 Å². The fourth-order valence-electron chi connectivity index (χ4n) is 2.56. The highest BCUT2D eigenvalue weighted by atomic mass is 16.2. The van der Waals surface area contributed by atoms with Crippen LogP contribution in [0.2, 0.25) is 0 Å². The Morgan fingerprint density at radius 1 is 1.38 bits per heavy atom. The zero-order valence-corrected chi connectivity index (χ0v) is 8.31. The van der Waals surface area contributed by atoms with Crippen LogP contribution in [0.25, 0.3) is 0 Å². The number of amides is 1. The van der Waals surface area contributed by atoms with E-state index in [2.05, 4.69) is 12.2 Å². The molecule has 2 aliphatic heterocycles. The third-order valence-electron chi connectivity index (χ3n) is 3.54. The Bertz CT molecular complexity index is 209. The van der Waals surface area contributed by atoms with Crippen molar-refractivity contribution in [3.8, 4) is 0 Å². The highest BCUT2D eigenvalue weighted by molar-refractivity contribution is 5.84. The van der Waals surface area contributed by atoms with Crippen LogP contribution in [0.15, 0.2) is 0 Å². The minimum atomic E-state index is 0.0290. The predicted octanol–water partition coefficient (Wildman–Crippen LogP) is 0.608. The number of hydrogen-bond donors (Lipinski definition) is 1. The average Bonchev–Trinajstić information content (AvgIpc) is 2.47. The third-order valence-corrected chi connectivity index (χ3v) is 3.54. The van der Waals surface area contributed by atoms with Crippen molar-refractivity contribution in [1.82, 2.24) is 10.2 Å². The van der Waals surface area contributed by atoms with Gasteiger partial charge in [0.1, 0.15) is 0 Å². The molecule has 2 saturated heterocycles. The van der Waals surface area contributed by atoms with Crippen LogP contribution < -0.4 is 5.32 Å². The lowest BCUT2D eigenvalue weighted by Gasteiger charge is -2.31. The van der Waals surface area contributed by atoms with Gasteiger partial charge in [-0.2, -0.15) is 0 Å². The lowest BCUT2D eigenvalue weighted by atomic mass is 9.78. The number of likely N-dealkylation sites (tertiary alicyclic amines) is 1. The Balaban J connectivity index is 2.10. The first-order chi connectivity index (χ1) is 6.28. The summed E-state index contributed by atoms with van der Waals surface area (Å²) in [6.45, 7) is 5.97. The summed E-state index contributed by atoms with van der Waals surface area (Å²) in [5, 5.41) is 3.32.